The third kappa shape index (κ3) is 7.00. The number of nitrogens with two attached hydrogens (primary N) is 1. The zero-order valence-electron chi connectivity index (χ0n) is 21.1. The van der Waals surface area contributed by atoms with Crippen LogP contribution in [0.15, 0.2) is 60.7 Å². The number of methoxy groups -OCH3 is 1. The van der Waals surface area contributed by atoms with Crippen LogP contribution in [0.2, 0.25) is 10.0 Å². The van der Waals surface area contributed by atoms with Gasteiger partial charge in [0.15, 0.2) is 5.92 Å². The summed E-state index contributed by atoms with van der Waals surface area (Å²) in [6, 6.07) is 18.0. The van der Waals surface area contributed by atoms with Crippen LogP contribution in [0.4, 0.5) is 11.4 Å². The summed E-state index contributed by atoms with van der Waals surface area (Å²) >= 11 is 12.8. The molecule has 0 spiro atoms. The van der Waals surface area contributed by atoms with Gasteiger partial charge in [0.05, 0.1) is 36.0 Å². The number of hydrogen-bond donors (Lipinski definition) is 4. The molecule has 11 heteroatoms. The molecule has 0 fully saturated rings. The highest BCUT2D eigenvalue weighted by Crippen LogP contribution is 2.36. The Morgan fingerprint density at radius 1 is 1.05 bits per heavy atom. The molecule has 0 saturated heterocycles. The molecule has 0 radical (unpaired) electrons. The highest BCUT2D eigenvalue weighted by Gasteiger charge is 2.30. The highest BCUT2D eigenvalue weighted by molar-refractivity contribution is 6.40. The summed E-state index contributed by atoms with van der Waals surface area (Å²) in [6.45, 7) is 0.166. The molecule has 39 heavy (non-hydrogen) atoms. The quantitative estimate of drug-likeness (QED) is 0.172. The summed E-state index contributed by atoms with van der Waals surface area (Å²) in [6.07, 6.45) is 0.654. The van der Waals surface area contributed by atoms with Gasteiger partial charge >= 0.3 is 5.97 Å². The fourth-order valence-corrected chi connectivity index (χ4v) is 4.83. The minimum Gasteiger partial charge on any atom is -0.493 e. The summed E-state index contributed by atoms with van der Waals surface area (Å²) < 4.78 is 10.4. The predicted octanol–water partition coefficient (Wildman–Crippen LogP) is 4.20. The minimum atomic E-state index is -1.33. The van der Waals surface area contributed by atoms with Gasteiger partial charge in [0, 0.05) is 30.3 Å². The van der Waals surface area contributed by atoms with Crippen molar-refractivity contribution in [3.05, 3.63) is 76.3 Å². The lowest BCUT2D eigenvalue weighted by atomic mass is 10.00. The molecule has 5 N–H and O–H groups in total. The summed E-state index contributed by atoms with van der Waals surface area (Å²) in [5.41, 5.74) is 9.18. The molecule has 1 heterocycles. The number of esters is 1. The zero-order chi connectivity index (χ0) is 27.9. The van der Waals surface area contributed by atoms with Crippen LogP contribution in [0.25, 0.3) is 11.1 Å². The molecule has 0 aliphatic carbocycles. The van der Waals surface area contributed by atoms with E-state index in [9.17, 15) is 14.4 Å². The molecule has 2 atom stereocenters. The van der Waals surface area contributed by atoms with Crippen molar-refractivity contribution >= 4 is 52.4 Å². The molecule has 3 aromatic carbocycles. The lowest BCUT2D eigenvalue weighted by Crippen LogP contribution is -2.43. The van der Waals surface area contributed by atoms with E-state index in [1.54, 1.807) is 24.3 Å². The zero-order valence-corrected chi connectivity index (χ0v) is 22.6. The average molecular weight is 571 g/mol. The number of nitrogens with one attached hydrogen (secondary N) is 3. The van der Waals surface area contributed by atoms with Crippen molar-refractivity contribution in [3.63, 3.8) is 0 Å². The van der Waals surface area contributed by atoms with Crippen molar-refractivity contribution < 1.29 is 23.9 Å². The standard InChI is InChI=1S/C28H28Cl2N4O5/c1-38-28(37)20(14-33-25(35)15-32-23-9-10-39-24-8-7-18(31)13-19(23)24)27(36)34-26-21(29)11-17(12-22(26)30)16-5-3-2-4-6-16/h2-8,11-13,20,23,32H,9-10,14-15,31H2,1H3,(H,33,35)(H,34,36)/t20-,23-/m0/s1. The van der Waals surface area contributed by atoms with Gasteiger partial charge in [0.2, 0.25) is 11.8 Å². The Morgan fingerprint density at radius 3 is 2.46 bits per heavy atom. The fraction of sp³-hybridized carbons (Fsp3) is 0.250. The second-order valence-electron chi connectivity index (χ2n) is 8.92. The Kier molecular flexibility index (Phi) is 9.29. The molecule has 0 unspecified atom stereocenters. The number of benzene rings is 3. The first-order valence-corrected chi connectivity index (χ1v) is 13.0. The maximum absolute atomic E-state index is 13.0. The third-order valence-electron chi connectivity index (χ3n) is 6.29. The van der Waals surface area contributed by atoms with Crippen molar-refractivity contribution in [2.45, 2.75) is 12.5 Å². The number of rotatable bonds is 9. The van der Waals surface area contributed by atoms with E-state index in [0.717, 1.165) is 23.8 Å². The van der Waals surface area contributed by atoms with E-state index in [0.29, 0.717) is 24.5 Å². The molecule has 204 valence electrons. The van der Waals surface area contributed by atoms with Gasteiger partial charge in [-0.1, -0.05) is 53.5 Å². The number of fused-ring (bicyclic) bond motifs is 1. The summed E-state index contributed by atoms with van der Waals surface area (Å²) in [7, 11) is 1.16. The normalized spacial score (nSPS) is 14.9. The van der Waals surface area contributed by atoms with Crippen LogP contribution < -0.4 is 26.4 Å². The minimum absolute atomic E-state index is 0.0486. The smallest absolute Gasteiger partial charge is 0.320 e. The molecular formula is C28H28Cl2N4O5. The Morgan fingerprint density at radius 2 is 1.77 bits per heavy atom. The van der Waals surface area contributed by atoms with E-state index in [2.05, 4.69) is 16.0 Å². The van der Waals surface area contributed by atoms with Crippen LogP contribution in [-0.2, 0) is 19.1 Å². The van der Waals surface area contributed by atoms with Crippen molar-refractivity contribution in [2.24, 2.45) is 5.92 Å². The van der Waals surface area contributed by atoms with Crippen molar-refractivity contribution in [3.8, 4) is 16.9 Å². The Bertz CT molecular complexity index is 1350. The van der Waals surface area contributed by atoms with E-state index in [-0.39, 0.29) is 34.9 Å². The van der Waals surface area contributed by atoms with E-state index in [1.165, 1.54) is 0 Å². The van der Waals surface area contributed by atoms with Crippen LogP contribution in [0.5, 0.6) is 5.75 Å². The molecule has 0 bridgehead atoms. The van der Waals surface area contributed by atoms with Gasteiger partial charge < -0.3 is 31.2 Å². The first kappa shape index (κ1) is 28.2. The number of amides is 2. The van der Waals surface area contributed by atoms with Gasteiger partial charge in [-0.2, -0.15) is 0 Å². The fourth-order valence-electron chi connectivity index (χ4n) is 4.24. The predicted molar refractivity (Wildman–Crippen MR) is 151 cm³/mol. The number of carbonyl (C=O) groups excluding carboxylic acids is 3. The lowest BCUT2D eigenvalue weighted by Gasteiger charge is -2.27. The molecule has 1 aliphatic rings. The first-order valence-electron chi connectivity index (χ1n) is 12.2. The van der Waals surface area contributed by atoms with Crippen LogP contribution >= 0.6 is 23.2 Å². The summed E-state index contributed by atoms with van der Waals surface area (Å²) in [5, 5.41) is 8.79. The van der Waals surface area contributed by atoms with Gasteiger partial charge in [0.1, 0.15) is 5.75 Å². The molecule has 4 rings (SSSR count). The van der Waals surface area contributed by atoms with E-state index in [1.807, 2.05) is 36.4 Å². The highest BCUT2D eigenvalue weighted by atomic mass is 35.5. The number of anilines is 2. The van der Waals surface area contributed by atoms with Crippen molar-refractivity contribution in [1.82, 2.24) is 10.6 Å². The monoisotopic (exact) mass is 570 g/mol. The lowest BCUT2D eigenvalue weighted by molar-refractivity contribution is -0.148. The number of nitrogen functional groups attached to an aromatic ring is 1. The van der Waals surface area contributed by atoms with Crippen LogP contribution in [0.1, 0.15) is 18.0 Å². The number of carbonyl (C=O) groups is 3. The summed E-state index contributed by atoms with van der Waals surface area (Å²) in [5.74, 6) is -2.56. The van der Waals surface area contributed by atoms with Crippen molar-refractivity contribution in [2.75, 3.05) is 37.9 Å². The number of ether oxygens (including phenoxy) is 2. The van der Waals surface area contributed by atoms with E-state index >= 15 is 0 Å². The Balaban J connectivity index is 1.38. The Hall–Kier alpha value is -3.79. The van der Waals surface area contributed by atoms with Gasteiger partial charge in [-0.3, -0.25) is 14.4 Å². The number of hydrogen-bond acceptors (Lipinski definition) is 7. The maximum atomic E-state index is 13.0. The molecule has 1 aliphatic heterocycles. The third-order valence-corrected chi connectivity index (χ3v) is 6.88. The molecule has 2 amide bonds. The van der Waals surface area contributed by atoms with Crippen LogP contribution in [0, 0.1) is 5.92 Å². The largest absolute Gasteiger partial charge is 0.493 e. The van der Waals surface area contributed by atoms with Gasteiger partial charge in [-0.15, -0.1) is 0 Å². The Labute approximate surface area is 235 Å². The molecule has 0 aromatic heterocycles. The molecule has 9 nitrogen and oxygen atoms in total. The van der Waals surface area contributed by atoms with Gasteiger partial charge in [-0.05, 0) is 41.5 Å². The second-order valence-corrected chi connectivity index (χ2v) is 9.73. The van der Waals surface area contributed by atoms with E-state index in [4.69, 9.17) is 38.4 Å². The van der Waals surface area contributed by atoms with Gasteiger partial charge in [0.25, 0.3) is 0 Å². The topological polar surface area (TPSA) is 132 Å². The number of halogens is 2. The van der Waals surface area contributed by atoms with Crippen LogP contribution in [-0.4, -0.2) is 44.6 Å². The first-order chi connectivity index (χ1) is 18.8. The molecule has 3 aromatic rings. The van der Waals surface area contributed by atoms with Crippen molar-refractivity contribution in [1.29, 1.82) is 0 Å². The summed E-state index contributed by atoms with van der Waals surface area (Å²) in [4.78, 5) is 38.0. The second kappa shape index (κ2) is 12.8. The SMILES string of the molecule is COC(=O)[C@@H](CNC(=O)CN[C@H]1CCOc2ccc(N)cc21)C(=O)Nc1c(Cl)cc(-c2ccccc2)cc1Cl. The molecular weight excluding hydrogens is 543 g/mol. The average Bonchev–Trinajstić information content (AvgIpc) is 2.94. The maximum Gasteiger partial charge on any atom is 0.320 e. The van der Waals surface area contributed by atoms with Crippen LogP contribution in [0.3, 0.4) is 0 Å². The van der Waals surface area contributed by atoms with Gasteiger partial charge in [-0.25, -0.2) is 0 Å². The molecule has 0 saturated carbocycles. The van der Waals surface area contributed by atoms with E-state index < -0.39 is 23.7 Å².